The maximum atomic E-state index is 11.9. The van der Waals surface area contributed by atoms with Gasteiger partial charge in [-0.25, -0.2) is 0 Å². The highest BCUT2D eigenvalue weighted by Crippen LogP contribution is 2.41. The molecule has 96 valence electrons. The summed E-state index contributed by atoms with van der Waals surface area (Å²) in [6.07, 6.45) is 3.84. The molecule has 1 aliphatic carbocycles. The van der Waals surface area contributed by atoms with Gasteiger partial charge in [-0.1, -0.05) is 34.8 Å². The SMILES string of the molecule is O=C1NCCOc2ccc(C(Br)CC3CC3)cc21. The smallest absolute Gasteiger partial charge is 0.255 e. The largest absolute Gasteiger partial charge is 0.491 e. The molecule has 18 heavy (non-hydrogen) atoms. The van der Waals surface area contributed by atoms with E-state index < -0.39 is 0 Å². The number of fused-ring (bicyclic) bond motifs is 1. The van der Waals surface area contributed by atoms with Crippen molar-refractivity contribution in [2.45, 2.75) is 24.1 Å². The number of ether oxygens (including phenoxy) is 1. The zero-order valence-electron chi connectivity index (χ0n) is 10.1. The molecule has 1 aromatic carbocycles. The molecule has 1 heterocycles. The third-order valence-corrected chi connectivity index (χ3v) is 4.39. The minimum absolute atomic E-state index is 0.0320. The quantitative estimate of drug-likeness (QED) is 0.872. The number of benzene rings is 1. The number of carbonyl (C=O) groups is 1. The second kappa shape index (κ2) is 4.92. The zero-order valence-corrected chi connectivity index (χ0v) is 11.7. The van der Waals surface area contributed by atoms with Crippen LogP contribution in [0, 0.1) is 5.92 Å². The van der Waals surface area contributed by atoms with E-state index in [1.54, 1.807) is 0 Å². The second-order valence-corrected chi connectivity index (χ2v) is 6.11. The highest BCUT2D eigenvalue weighted by Gasteiger charge is 2.26. The van der Waals surface area contributed by atoms with Crippen molar-refractivity contribution < 1.29 is 9.53 Å². The van der Waals surface area contributed by atoms with Crippen molar-refractivity contribution in [2.24, 2.45) is 5.92 Å². The number of amides is 1. The van der Waals surface area contributed by atoms with Crippen molar-refractivity contribution in [3.63, 3.8) is 0 Å². The molecule has 2 aliphatic rings. The van der Waals surface area contributed by atoms with Crippen LogP contribution in [-0.2, 0) is 0 Å². The van der Waals surface area contributed by atoms with Crippen LogP contribution in [0.4, 0.5) is 0 Å². The van der Waals surface area contributed by atoms with E-state index in [2.05, 4.69) is 27.3 Å². The fraction of sp³-hybridized carbons (Fsp3) is 0.500. The molecule has 0 saturated heterocycles. The highest BCUT2D eigenvalue weighted by atomic mass is 79.9. The van der Waals surface area contributed by atoms with Gasteiger partial charge in [0.15, 0.2) is 0 Å². The molecule has 0 radical (unpaired) electrons. The number of halogens is 1. The lowest BCUT2D eigenvalue weighted by Gasteiger charge is -2.12. The molecule has 1 atom stereocenters. The van der Waals surface area contributed by atoms with Crippen LogP contribution in [0.3, 0.4) is 0 Å². The summed E-state index contributed by atoms with van der Waals surface area (Å²) in [7, 11) is 0. The van der Waals surface area contributed by atoms with Gasteiger partial charge < -0.3 is 10.1 Å². The Morgan fingerprint density at radius 2 is 2.28 bits per heavy atom. The highest BCUT2D eigenvalue weighted by molar-refractivity contribution is 9.09. The molecule has 1 N–H and O–H groups in total. The van der Waals surface area contributed by atoms with Crippen molar-refractivity contribution in [3.05, 3.63) is 29.3 Å². The summed E-state index contributed by atoms with van der Waals surface area (Å²) < 4.78 is 5.55. The Kier molecular flexibility index (Phi) is 3.29. The molecule has 1 saturated carbocycles. The number of rotatable bonds is 3. The lowest BCUT2D eigenvalue weighted by molar-refractivity contribution is 0.0957. The van der Waals surface area contributed by atoms with Crippen LogP contribution in [0.25, 0.3) is 0 Å². The molecule has 1 unspecified atom stereocenters. The summed E-state index contributed by atoms with van der Waals surface area (Å²) in [4.78, 5) is 12.2. The van der Waals surface area contributed by atoms with Gasteiger partial charge in [-0.2, -0.15) is 0 Å². The topological polar surface area (TPSA) is 38.3 Å². The summed E-state index contributed by atoms with van der Waals surface area (Å²) >= 11 is 3.72. The van der Waals surface area contributed by atoms with E-state index in [1.165, 1.54) is 18.4 Å². The minimum atomic E-state index is -0.0320. The minimum Gasteiger partial charge on any atom is -0.491 e. The third-order valence-electron chi connectivity index (χ3n) is 3.49. The lowest BCUT2D eigenvalue weighted by Crippen LogP contribution is -2.24. The first-order valence-corrected chi connectivity index (χ1v) is 7.34. The summed E-state index contributed by atoms with van der Waals surface area (Å²) in [6.45, 7) is 1.11. The van der Waals surface area contributed by atoms with Crippen LogP contribution < -0.4 is 10.1 Å². The average Bonchev–Trinajstić information content (AvgIpc) is 3.18. The molecule has 1 fully saturated rings. The first-order chi connectivity index (χ1) is 8.74. The molecule has 0 aromatic heterocycles. The van der Waals surface area contributed by atoms with Crippen LogP contribution in [0.5, 0.6) is 5.75 Å². The van der Waals surface area contributed by atoms with Crippen molar-refractivity contribution in [1.82, 2.24) is 5.32 Å². The molecular formula is C14H16BrNO2. The summed E-state index contributed by atoms with van der Waals surface area (Å²) in [6, 6.07) is 5.92. The Balaban J connectivity index is 1.85. The molecule has 1 aromatic rings. The maximum absolute atomic E-state index is 11.9. The van der Waals surface area contributed by atoms with Crippen molar-refractivity contribution >= 4 is 21.8 Å². The maximum Gasteiger partial charge on any atom is 0.255 e. The molecule has 1 amide bonds. The Labute approximate surface area is 115 Å². The molecule has 4 heteroatoms. The van der Waals surface area contributed by atoms with Gasteiger partial charge in [0.05, 0.1) is 12.1 Å². The Morgan fingerprint density at radius 3 is 3.06 bits per heavy atom. The number of hydrogen-bond acceptors (Lipinski definition) is 2. The van der Waals surface area contributed by atoms with Gasteiger partial charge in [-0.15, -0.1) is 0 Å². The van der Waals surface area contributed by atoms with E-state index in [1.807, 2.05) is 12.1 Å². The number of hydrogen-bond donors (Lipinski definition) is 1. The summed E-state index contributed by atoms with van der Waals surface area (Å²) in [5.41, 5.74) is 1.83. The normalized spacial score (nSPS) is 20.4. The first kappa shape index (κ1) is 12.0. The lowest BCUT2D eigenvalue weighted by atomic mass is 10.0. The summed E-state index contributed by atoms with van der Waals surface area (Å²) in [5, 5.41) is 2.84. The fourth-order valence-electron chi connectivity index (χ4n) is 2.25. The van der Waals surface area contributed by atoms with Gasteiger partial charge in [0.2, 0.25) is 0 Å². The van der Waals surface area contributed by atoms with Gasteiger partial charge in [0.25, 0.3) is 5.91 Å². The van der Waals surface area contributed by atoms with E-state index in [-0.39, 0.29) is 5.91 Å². The van der Waals surface area contributed by atoms with E-state index in [9.17, 15) is 4.79 Å². The Morgan fingerprint density at radius 1 is 1.44 bits per heavy atom. The Bertz CT molecular complexity index is 471. The molecule has 3 nitrogen and oxygen atoms in total. The van der Waals surface area contributed by atoms with Crippen molar-refractivity contribution in [1.29, 1.82) is 0 Å². The molecule has 1 aliphatic heterocycles. The summed E-state index contributed by atoms with van der Waals surface area (Å²) in [5.74, 6) is 1.52. The number of alkyl halides is 1. The van der Waals surface area contributed by atoms with E-state index in [4.69, 9.17) is 4.74 Å². The van der Waals surface area contributed by atoms with Gasteiger partial charge in [-0.3, -0.25) is 4.79 Å². The standard InChI is InChI=1S/C14H16BrNO2/c15-12(7-9-1-2-9)10-3-4-13-11(8-10)14(17)16-5-6-18-13/h3-4,8-9,12H,1-2,5-7H2,(H,16,17). The zero-order chi connectivity index (χ0) is 12.5. The number of nitrogens with one attached hydrogen (secondary N) is 1. The predicted molar refractivity (Wildman–Crippen MR) is 73.3 cm³/mol. The fourth-order valence-corrected chi connectivity index (χ4v) is 3.06. The van der Waals surface area contributed by atoms with E-state index >= 15 is 0 Å². The van der Waals surface area contributed by atoms with Crippen LogP contribution in [0.15, 0.2) is 18.2 Å². The molecule has 0 spiro atoms. The molecular weight excluding hydrogens is 294 g/mol. The Hall–Kier alpha value is -1.03. The van der Waals surface area contributed by atoms with Crippen molar-refractivity contribution in [3.8, 4) is 5.75 Å². The molecule has 0 bridgehead atoms. The van der Waals surface area contributed by atoms with Gasteiger partial charge in [0, 0.05) is 4.83 Å². The average molecular weight is 310 g/mol. The first-order valence-electron chi connectivity index (χ1n) is 6.43. The van der Waals surface area contributed by atoms with Crippen molar-refractivity contribution in [2.75, 3.05) is 13.2 Å². The second-order valence-electron chi connectivity index (χ2n) is 5.01. The third kappa shape index (κ3) is 2.53. The van der Waals surface area contributed by atoms with E-state index in [0.29, 0.717) is 29.3 Å². The molecule has 3 rings (SSSR count). The van der Waals surface area contributed by atoms with Gasteiger partial charge in [-0.05, 0) is 30.0 Å². The van der Waals surface area contributed by atoms with Crippen LogP contribution in [0.1, 0.15) is 40.0 Å². The van der Waals surface area contributed by atoms with Crippen LogP contribution >= 0.6 is 15.9 Å². The van der Waals surface area contributed by atoms with E-state index in [0.717, 1.165) is 12.3 Å². The van der Waals surface area contributed by atoms with Crippen LogP contribution in [-0.4, -0.2) is 19.1 Å². The van der Waals surface area contributed by atoms with Gasteiger partial charge in [0.1, 0.15) is 12.4 Å². The number of carbonyl (C=O) groups excluding carboxylic acids is 1. The monoisotopic (exact) mass is 309 g/mol. The van der Waals surface area contributed by atoms with Gasteiger partial charge >= 0.3 is 0 Å². The van der Waals surface area contributed by atoms with Crippen LogP contribution in [0.2, 0.25) is 0 Å². The predicted octanol–water partition coefficient (Wildman–Crippen LogP) is 3.04.